The summed E-state index contributed by atoms with van der Waals surface area (Å²) >= 11 is 0. The smallest absolute Gasteiger partial charge is 0.264 e. The highest BCUT2D eigenvalue weighted by atomic mass is 16.2. The first-order valence-electron chi connectivity index (χ1n) is 5.88. The Balaban J connectivity index is 2.68. The Morgan fingerprint density at radius 2 is 2.17 bits per heavy atom. The number of nitrogens with one attached hydrogen (secondary N) is 2. The van der Waals surface area contributed by atoms with E-state index >= 15 is 0 Å². The molecule has 0 aromatic carbocycles. The van der Waals surface area contributed by atoms with E-state index in [4.69, 9.17) is 5.73 Å². The first-order chi connectivity index (χ1) is 8.31. The number of anilines is 1. The van der Waals surface area contributed by atoms with Crippen molar-refractivity contribution in [1.29, 1.82) is 0 Å². The second-order valence-electron chi connectivity index (χ2n) is 5.49. The van der Waals surface area contributed by atoms with Crippen LogP contribution in [0.2, 0.25) is 0 Å². The van der Waals surface area contributed by atoms with E-state index in [9.17, 15) is 9.59 Å². The van der Waals surface area contributed by atoms with Crippen LogP contribution in [0.3, 0.4) is 0 Å². The van der Waals surface area contributed by atoms with Crippen LogP contribution in [0.4, 0.5) is 5.82 Å². The number of H-pyrrole nitrogens is 1. The number of amides is 1. The zero-order valence-corrected chi connectivity index (χ0v) is 11.0. The van der Waals surface area contributed by atoms with Gasteiger partial charge in [-0.1, -0.05) is 20.8 Å². The minimum Gasteiger partial charge on any atom is -0.330 e. The summed E-state index contributed by atoms with van der Waals surface area (Å²) in [5, 5.41) is 8.62. The molecule has 4 N–H and O–H groups in total. The molecular weight excluding hydrogens is 232 g/mol. The highest BCUT2D eigenvalue weighted by Crippen LogP contribution is 2.24. The number of carbonyl (C=O) groups excluding carboxylic acids is 1. The van der Waals surface area contributed by atoms with Gasteiger partial charge in [0, 0.05) is 12.6 Å². The number of nitrogens with zero attached hydrogens (tertiary/aromatic N) is 1. The van der Waals surface area contributed by atoms with E-state index in [1.165, 1.54) is 12.1 Å². The van der Waals surface area contributed by atoms with Crippen LogP contribution < -0.4 is 16.6 Å². The summed E-state index contributed by atoms with van der Waals surface area (Å²) in [5.41, 5.74) is 5.34. The number of hydrogen-bond acceptors (Lipinski definition) is 4. The summed E-state index contributed by atoms with van der Waals surface area (Å²) in [7, 11) is 0. The summed E-state index contributed by atoms with van der Waals surface area (Å²) in [4.78, 5) is 22.8. The van der Waals surface area contributed by atoms with Crippen molar-refractivity contribution in [3.05, 3.63) is 22.5 Å². The van der Waals surface area contributed by atoms with Gasteiger partial charge in [-0.3, -0.25) is 9.59 Å². The van der Waals surface area contributed by atoms with Crippen LogP contribution in [0.1, 0.15) is 27.2 Å². The number of aromatic amines is 1. The lowest BCUT2D eigenvalue weighted by Gasteiger charge is -2.24. The van der Waals surface area contributed by atoms with Crippen LogP contribution in [0, 0.1) is 11.3 Å². The zero-order valence-electron chi connectivity index (χ0n) is 11.0. The fourth-order valence-corrected chi connectivity index (χ4v) is 1.66. The third kappa shape index (κ3) is 4.67. The second kappa shape index (κ2) is 5.77. The summed E-state index contributed by atoms with van der Waals surface area (Å²) in [6, 6.07) is 2.77. The van der Waals surface area contributed by atoms with Crippen LogP contribution in [0.5, 0.6) is 0 Å². The third-order valence-corrected chi connectivity index (χ3v) is 2.44. The Morgan fingerprint density at radius 1 is 1.50 bits per heavy atom. The molecule has 0 saturated heterocycles. The van der Waals surface area contributed by atoms with Gasteiger partial charge in [0.15, 0.2) is 5.82 Å². The van der Waals surface area contributed by atoms with Crippen molar-refractivity contribution in [3.8, 4) is 0 Å². The summed E-state index contributed by atoms with van der Waals surface area (Å²) in [6.07, 6.45) is 0.693. The van der Waals surface area contributed by atoms with Gasteiger partial charge in [0.2, 0.25) is 5.91 Å². The lowest BCUT2D eigenvalue weighted by atomic mass is 9.84. The quantitative estimate of drug-likeness (QED) is 0.735. The van der Waals surface area contributed by atoms with Crippen LogP contribution in [0.15, 0.2) is 16.9 Å². The summed E-state index contributed by atoms with van der Waals surface area (Å²) < 4.78 is 0. The fraction of sp³-hybridized carbons (Fsp3) is 0.583. The Labute approximate surface area is 106 Å². The van der Waals surface area contributed by atoms with Crippen molar-refractivity contribution >= 4 is 11.7 Å². The van der Waals surface area contributed by atoms with Crippen molar-refractivity contribution < 1.29 is 4.79 Å². The van der Waals surface area contributed by atoms with Gasteiger partial charge in [-0.15, -0.1) is 0 Å². The van der Waals surface area contributed by atoms with E-state index in [1.54, 1.807) is 0 Å². The maximum atomic E-state index is 12.0. The summed E-state index contributed by atoms with van der Waals surface area (Å²) in [5.74, 6) is -0.113. The molecule has 1 atom stereocenters. The van der Waals surface area contributed by atoms with Gasteiger partial charge in [0.25, 0.3) is 5.56 Å². The van der Waals surface area contributed by atoms with Crippen molar-refractivity contribution in [1.82, 2.24) is 10.2 Å². The van der Waals surface area contributed by atoms with Gasteiger partial charge in [-0.25, -0.2) is 5.10 Å². The molecule has 0 spiro atoms. The highest BCUT2D eigenvalue weighted by molar-refractivity contribution is 5.91. The molecule has 6 nitrogen and oxygen atoms in total. The Hall–Kier alpha value is -1.69. The van der Waals surface area contributed by atoms with Gasteiger partial charge < -0.3 is 11.1 Å². The normalized spacial score (nSPS) is 13.1. The van der Waals surface area contributed by atoms with Crippen LogP contribution in [-0.4, -0.2) is 22.6 Å². The molecule has 6 heteroatoms. The van der Waals surface area contributed by atoms with Crippen molar-refractivity contribution in [2.75, 3.05) is 11.9 Å². The monoisotopic (exact) mass is 252 g/mol. The molecule has 100 valence electrons. The molecule has 0 saturated carbocycles. The van der Waals surface area contributed by atoms with Gasteiger partial charge in [-0.05, 0) is 17.9 Å². The predicted molar refractivity (Wildman–Crippen MR) is 70.1 cm³/mol. The third-order valence-electron chi connectivity index (χ3n) is 2.44. The lowest BCUT2D eigenvalue weighted by molar-refractivity contribution is -0.120. The summed E-state index contributed by atoms with van der Waals surface area (Å²) in [6.45, 7) is 6.45. The molecule has 0 aliphatic rings. The van der Waals surface area contributed by atoms with Crippen LogP contribution in [0.25, 0.3) is 0 Å². The minimum atomic E-state index is -0.307. The SMILES string of the molecule is CC(C)(C)CC(CN)C(=O)Nc1ccc(=O)[nH]n1. The molecule has 1 unspecified atom stereocenters. The maximum Gasteiger partial charge on any atom is 0.264 e. The molecule has 1 rings (SSSR count). The Bertz CT molecular complexity index is 441. The average molecular weight is 252 g/mol. The van der Waals surface area contributed by atoms with Gasteiger partial charge in [-0.2, -0.15) is 5.10 Å². The topological polar surface area (TPSA) is 101 Å². The standard InChI is InChI=1S/C12H20N4O2/c1-12(2,3)6-8(7-13)11(18)14-9-4-5-10(17)16-15-9/h4-5,8H,6-7,13H2,1-3H3,(H,16,17)(H,14,15,18). The highest BCUT2D eigenvalue weighted by Gasteiger charge is 2.23. The van der Waals surface area contributed by atoms with E-state index in [0.717, 1.165) is 0 Å². The molecule has 1 aromatic heterocycles. The van der Waals surface area contributed by atoms with E-state index in [0.29, 0.717) is 12.2 Å². The van der Waals surface area contributed by atoms with Crippen LogP contribution >= 0.6 is 0 Å². The Kier molecular flexibility index (Phi) is 4.61. The van der Waals surface area contributed by atoms with Crippen molar-refractivity contribution in [3.63, 3.8) is 0 Å². The zero-order chi connectivity index (χ0) is 13.8. The van der Waals surface area contributed by atoms with Gasteiger partial charge >= 0.3 is 0 Å². The fourth-order valence-electron chi connectivity index (χ4n) is 1.66. The number of rotatable bonds is 4. The average Bonchev–Trinajstić information content (AvgIpc) is 2.27. The molecule has 1 amide bonds. The van der Waals surface area contributed by atoms with Gasteiger partial charge in [0.05, 0.1) is 5.92 Å². The second-order valence-corrected chi connectivity index (χ2v) is 5.49. The maximum absolute atomic E-state index is 12.0. The largest absolute Gasteiger partial charge is 0.330 e. The first-order valence-corrected chi connectivity index (χ1v) is 5.88. The number of nitrogens with two attached hydrogens (primary N) is 1. The predicted octanol–water partition coefficient (Wildman–Crippen LogP) is 0.719. The van der Waals surface area contributed by atoms with Crippen molar-refractivity contribution in [2.24, 2.45) is 17.1 Å². The van der Waals surface area contributed by atoms with E-state index in [-0.39, 0.29) is 29.3 Å². The molecule has 0 radical (unpaired) electrons. The molecular formula is C12H20N4O2. The van der Waals surface area contributed by atoms with E-state index in [1.807, 2.05) is 0 Å². The number of carbonyl (C=O) groups is 1. The lowest BCUT2D eigenvalue weighted by Crippen LogP contribution is -2.32. The van der Waals surface area contributed by atoms with Crippen LogP contribution in [-0.2, 0) is 4.79 Å². The molecule has 1 heterocycles. The molecule has 0 aliphatic carbocycles. The Morgan fingerprint density at radius 3 is 2.61 bits per heavy atom. The molecule has 0 aliphatic heterocycles. The molecule has 0 fully saturated rings. The molecule has 18 heavy (non-hydrogen) atoms. The number of aromatic nitrogens is 2. The minimum absolute atomic E-state index is 0.0276. The molecule has 1 aromatic rings. The molecule has 0 bridgehead atoms. The van der Waals surface area contributed by atoms with Gasteiger partial charge in [0.1, 0.15) is 0 Å². The van der Waals surface area contributed by atoms with E-state index < -0.39 is 0 Å². The first kappa shape index (κ1) is 14.4. The number of hydrogen-bond donors (Lipinski definition) is 3. The van der Waals surface area contributed by atoms with E-state index in [2.05, 4.69) is 36.3 Å². The van der Waals surface area contributed by atoms with Crippen molar-refractivity contribution in [2.45, 2.75) is 27.2 Å².